The molecular formula is C35H27F3N4O4. The summed E-state index contributed by atoms with van der Waals surface area (Å²) in [7, 11) is 0. The molecule has 46 heavy (non-hydrogen) atoms. The number of fused-ring (bicyclic) bond motifs is 1. The lowest BCUT2D eigenvalue weighted by Gasteiger charge is -2.22. The third-order valence-electron chi connectivity index (χ3n) is 8.70. The van der Waals surface area contributed by atoms with Gasteiger partial charge in [-0.05, 0) is 72.9 Å². The van der Waals surface area contributed by atoms with Crippen LogP contribution in [0.2, 0.25) is 0 Å². The minimum atomic E-state index is -1.06. The van der Waals surface area contributed by atoms with Gasteiger partial charge in [0.1, 0.15) is 29.9 Å². The molecule has 2 fully saturated rings. The number of pyridine rings is 1. The molecule has 0 spiro atoms. The fraction of sp³-hybridized carbons (Fsp3) is 0.257. The van der Waals surface area contributed by atoms with E-state index >= 15 is 8.78 Å². The molecule has 0 radical (unpaired) electrons. The SMILES string of the molecule is N#Cc1ccc(COc2cccc(-c3cc(F)c(Cc4nc5ccc(C(=O)O)cc5n4[C@@H]4COC[C@H]4C4CC4)cc3F)n2)c(F)c1. The van der Waals surface area contributed by atoms with Crippen molar-refractivity contribution in [3.8, 4) is 23.2 Å². The van der Waals surface area contributed by atoms with Crippen molar-refractivity contribution >= 4 is 17.0 Å². The monoisotopic (exact) mass is 624 g/mol. The van der Waals surface area contributed by atoms with Crippen LogP contribution in [0, 0.1) is 40.6 Å². The molecule has 1 N–H and O–H groups in total. The molecule has 0 bridgehead atoms. The summed E-state index contributed by atoms with van der Waals surface area (Å²) in [5.41, 5.74) is 1.84. The zero-order valence-corrected chi connectivity index (χ0v) is 24.4. The molecule has 5 aromatic rings. The number of hydrogen-bond acceptors (Lipinski definition) is 6. The number of imidazole rings is 1. The molecular weight excluding hydrogens is 597 g/mol. The Hall–Kier alpha value is -5.21. The molecule has 0 amide bonds. The summed E-state index contributed by atoms with van der Waals surface area (Å²) in [6.45, 7) is 0.837. The Balaban J connectivity index is 1.18. The molecule has 3 aromatic carbocycles. The number of aromatic nitrogens is 3. The van der Waals surface area contributed by atoms with Gasteiger partial charge in [0.15, 0.2) is 0 Å². The number of carboxylic acid groups (broad SMARTS) is 1. The number of aromatic carboxylic acids is 1. The molecule has 0 unspecified atom stereocenters. The van der Waals surface area contributed by atoms with E-state index < -0.39 is 23.4 Å². The van der Waals surface area contributed by atoms with Crippen LogP contribution in [0.4, 0.5) is 13.2 Å². The smallest absolute Gasteiger partial charge is 0.335 e. The topological polar surface area (TPSA) is 110 Å². The lowest BCUT2D eigenvalue weighted by Crippen LogP contribution is -2.22. The molecule has 1 saturated carbocycles. The van der Waals surface area contributed by atoms with Crippen LogP contribution in [-0.4, -0.2) is 38.8 Å². The molecule has 8 nitrogen and oxygen atoms in total. The first-order chi connectivity index (χ1) is 22.3. The summed E-state index contributed by atoms with van der Waals surface area (Å²) in [4.78, 5) is 20.8. The minimum Gasteiger partial charge on any atom is -0.478 e. The fourth-order valence-electron chi connectivity index (χ4n) is 6.19. The predicted octanol–water partition coefficient (Wildman–Crippen LogP) is 6.85. The van der Waals surface area contributed by atoms with Crippen LogP contribution in [0.5, 0.6) is 5.88 Å². The zero-order chi connectivity index (χ0) is 31.9. The lowest BCUT2D eigenvalue weighted by molar-refractivity contribution is 0.0697. The summed E-state index contributed by atoms with van der Waals surface area (Å²) in [5.74, 6) is -1.71. The highest BCUT2D eigenvalue weighted by Crippen LogP contribution is 2.46. The largest absolute Gasteiger partial charge is 0.478 e. The summed E-state index contributed by atoms with van der Waals surface area (Å²) in [6, 6.07) is 17.3. The second-order valence-electron chi connectivity index (χ2n) is 11.7. The Morgan fingerprint density at radius 2 is 1.80 bits per heavy atom. The zero-order valence-electron chi connectivity index (χ0n) is 24.4. The van der Waals surface area contributed by atoms with E-state index in [0.29, 0.717) is 36.0 Å². The summed E-state index contributed by atoms with van der Waals surface area (Å²) < 4.78 is 59.0. The number of carboxylic acids is 1. The Kier molecular flexibility index (Phi) is 7.66. The van der Waals surface area contributed by atoms with Crippen LogP contribution in [0.1, 0.15) is 51.8 Å². The number of nitriles is 1. The van der Waals surface area contributed by atoms with Crippen molar-refractivity contribution in [2.24, 2.45) is 11.8 Å². The Morgan fingerprint density at radius 3 is 2.57 bits per heavy atom. The highest BCUT2D eigenvalue weighted by Gasteiger charge is 2.42. The molecule has 1 aliphatic heterocycles. The van der Waals surface area contributed by atoms with Gasteiger partial charge in [-0.1, -0.05) is 12.1 Å². The van der Waals surface area contributed by atoms with E-state index in [1.54, 1.807) is 18.2 Å². The summed E-state index contributed by atoms with van der Waals surface area (Å²) in [6.07, 6.45) is 2.17. The van der Waals surface area contributed by atoms with Gasteiger partial charge in [-0.25, -0.2) is 27.9 Å². The van der Waals surface area contributed by atoms with Gasteiger partial charge >= 0.3 is 5.97 Å². The number of rotatable bonds is 9. The molecule has 3 heterocycles. The number of carbonyl (C=O) groups is 1. The van der Waals surface area contributed by atoms with Crippen molar-refractivity contribution in [2.75, 3.05) is 13.2 Å². The lowest BCUT2D eigenvalue weighted by atomic mass is 9.97. The maximum Gasteiger partial charge on any atom is 0.335 e. The summed E-state index contributed by atoms with van der Waals surface area (Å²) in [5, 5.41) is 18.6. The van der Waals surface area contributed by atoms with E-state index in [0.717, 1.165) is 31.0 Å². The van der Waals surface area contributed by atoms with Crippen LogP contribution in [0.3, 0.4) is 0 Å². The first kappa shape index (κ1) is 29.5. The maximum absolute atomic E-state index is 15.7. The van der Waals surface area contributed by atoms with E-state index in [-0.39, 0.29) is 64.4 Å². The molecule has 1 saturated heterocycles. The van der Waals surface area contributed by atoms with Crippen LogP contribution >= 0.6 is 0 Å². The normalized spacial score (nSPS) is 17.7. The van der Waals surface area contributed by atoms with E-state index in [2.05, 4.69) is 4.98 Å². The number of hydrogen-bond donors (Lipinski definition) is 1. The number of halogens is 3. The van der Waals surface area contributed by atoms with E-state index in [4.69, 9.17) is 19.7 Å². The van der Waals surface area contributed by atoms with Crippen molar-refractivity contribution in [1.29, 1.82) is 5.26 Å². The van der Waals surface area contributed by atoms with Gasteiger partial charge < -0.3 is 19.1 Å². The maximum atomic E-state index is 15.7. The van der Waals surface area contributed by atoms with E-state index in [1.165, 1.54) is 30.3 Å². The van der Waals surface area contributed by atoms with Gasteiger partial charge in [-0.3, -0.25) is 0 Å². The fourth-order valence-corrected chi connectivity index (χ4v) is 6.19. The van der Waals surface area contributed by atoms with Gasteiger partial charge in [-0.2, -0.15) is 5.26 Å². The van der Waals surface area contributed by atoms with Crippen molar-refractivity contribution in [2.45, 2.75) is 31.9 Å². The van der Waals surface area contributed by atoms with Crippen LogP contribution in [0.15, 0.2) is 66.7 Å². The van der Waals surface area contributed by atoms with Gasteiger partial charge in [0.25, 0.3) is 0 Å². The molecule has 232 valence electrons. The predicted molar refractivity (Wildman–Crippen MR) is 161 cm³/mol. The second-order valence-corrected chi connectivity index (χ2v) is 11.7. The van der Waals surface area contributed by atoms with Crippen molar-refractivity contribution in [1.82, 2.24) is 14.5 Å². The van der Waals surface area contributed by atoms with Crippen molar-refractivity contribution < 1.29 is 32.5 Å². The van der Waals surface area contributed by atoms with E-state index in [9.17, 15) is 14.3 Å². The molecule has 11 heteroatoms. The third-order valence-corrected chi connectivity index (χ3v) is 8.70. The van der Waals surface area contributed by atoms with Crippen molar-refractivity contribution in [3.05, 3.63) is 112 Å². The molecule has 7 rings (SSSR count). The third kappa shape index (κ3) is 5.68. The van der Waals surface area contributed by atoms with E-state index in [1.807, 2.05) is 10.6 Å². The highest BCUT2D eigenvalue weighted by molar-refractivity contribution is 5.92. The molecule has 2 aliphatic rings. The molecule has 2 atom stereocenters. The molecule has 2 aromatic heterocycles. The number of nitrogens with zero attached hydrogens (tertiary/aromatic N) is 4. The number of benzene rings is 3. The second kappa shape index (κ2) is 11.9. The highest BCUT2D eigenvalue weighted by atomic mass is 19.1. The molecule has 1 aliphatic carbocycles. The van der Waals surface area contributed by atoms with Crippen LogP contribution < -0.4 is 4.74 Å². The average Bonchev–Trinajstić information content (AvgIpc) is 3.67. The van der Waals surface area contributed by atoms with Gasteiger partial charge in [0.2, 0.25) is 5.88 Å². The number of ether oxygens (including phenoxy) is 2. The van der Waals surface area contributed by atoms with Gasteiger partial charge in [0.05, 0.1) is 53.2 Å². The van der Waals surface area contributed by atoms with Crippen LogP contribution in [0.25, 0.3) is 22.3 Å². The van der Waals surface area contributed by atoms with Crippen LogP contribution in [-0.2, 0) is 17.8 Å². The van der Waals surface area contributed by atoms with Gasteiger partial charge in [0, 0.05) is 29.5 Å². The summed E-state index contributed by atoms with van der Waals surface area (Å²) >= 11 is 0. The Labute approximate surface area is 261 Å². The average molecular weight is 625 g/mol. The van der Waals surface area contributed by atoms with Gasteiger partial charge in [-0.15, -0.1) is 0 Å². The Bertz CT molecular complexity index is 2030. The van der Waals surface area contributed by atoms with Crippen molar-refractivity contribution in [3.63, 3.8) is 0 Å². The first-order valence-electron chi connectivity index (χ1n) is 14.9. The first-order valence-corrected chi connectivity index (χ1v) is 14.9. The Morgan fingerprint density at radius 1 is 0.978 bits per heavy atom. The standard InChI is InChI=1S/C35H27F3N4O4/c36-26-10-19(15-39)4-5-22(26)16-46-34-3-1-2-29(41-34)24-14-27(37)23(11-28(24)38)13-33-40-30-9-8-21(35(43)44)12-31(30)42(33)32-18-45-17-25(32)20-6-7-20/h1-5,8-12,14,20,25,32H,6-7,13,16-18H2,(H,43,44)/t25-,32+/m0/s1. The quantitative estimate of drug-likeness (QED) is 0.191. The minimum absolute atomic E-state index is 0.0270.